The standard InChI is InChI=1S/C13H16N2O/c1-3-11(9-13(16)10(2)15-14)12-7-5-4-6-8-12/h4-8,11H,3,9H2,1-2H3. The van der Waals surface area contributed by atoms with E-state index in [0.717, 1.165) is 12.0 Å². The van der Waals surface area contributed by atoms with Crippen LogP contribution in [0.5, 0.6) is 0 Å². The topological polar surface area (TPSA) is 53.5 Å². The van der Waals surface area contributed by atoms with Crippen LogP contribution in [-0.4, -0.2) is 16.3 Å². The summed E-state index contributed by atoms with van der Waals surface area (Å²) in [6.45, 7) is 3.58. The van der Waals surface area contributed by atoms with Gasteiger partial charge in [0.05, 0.1) is 0 Å². The zero-order valence-electron chi connectivity index (χ0n) is 9.68. The second-order valence-corrected chi connectivity index (χ2v) is 3.83. The van der Waals surface area contributed by atoms with Gasteiger partial charge in [-0.25, -0.2) is 0 Å². The molecule has 1 aromatic rings. The molecule has 0 saturated carbocycles. The fourth-order valence-electron chi connectivity index (χ4n) is 1.65. The molecule has 0 saturated heterocycles. The van der Waals surface area contributed by atoms with E-state index in [-0.39, 0.29) is 17.4 Å². The molecule has 0 bridgehead atoms. The van der Waals surface area contributed by atoms with E-state index >= 15 is 0 Å². The summed E-state index contributed by atoms with van der Waals surface area (Å²) in [5.74, 6) is 0.101. The van der Waals surface area contributed by atoms with Crippen LogP contribution in [0, 0.1) is 0 Å². The first-order chi connectivity index (χ1) is 7.69. The monoisotopic (exact) mass is 216 g/mol. The molecule has 0 spiro atoms. The molecular formula is C13H16N2O. The Morgan fingerprint density at radius 3 is 2.50 bits per heavy atom. The van der Waals surface area contributed by atoms with Crippen molar-refractivity contribution in [2.24, 2.45) is 0 Å². The fourth-order valence-corrected chi connectivity index (χ4v) is 1.65. The zero-order valence-corrected chi connectivity index (χ0v) is 9.68. The van der Waals surface area contributed by atoms with E-state index < -0.39 is 0 Å². The molecule has 1 atom stereocenters. The fraction of sp³-hybridized carbons (Fsp3) is 0.385. The summed E-state index contributed by atoms with van der Waals surface area (Å²) in [6, 6.07) is 9.93. The van der Waals surface area contributed by atoms with Gasteiger partial charge in [-0.1, -0.05) is 37.3 Å². The molecule has 84 valence electrons. The first-order valence-electron chi connectivity index (χ1n) is 5.45. The van der Waals surface area contributed by atoms with Gasteiger partial charge in [0.2, 0.25) is 5.78 Å². The third-order valence-electron chi connectivity index (χ3n) is 2.75. The van der Waals surface area contributed by atoms with Crippen molar-refractivity contribution >= 4 is 11.5 Å². The molecule has 0 heterocycles. The number of rotatable bonds is 5. The second-order valence-electron chi connectivity index (χ2n) is 3.83. The number of carbonyl (C=O) groups excluding carboxylic acids is 1. The van der Waals surface area contributed by atoms with Gasteiger partial charge in [0.15, 0.2) is 0 Å². The summed E-state index contributed by atoms with van der Waals surface area (Å²) in [5, 5.41) is 0. The molecule has 3 nitrogen and oxygen atoms in total. The van der Waals surface area contributed by atoms with E-state index in [2.05, 4.69) is 11.7 Å². The third kappa shape index (κ3) is 3.14. The van der Waals surface area contributed by atoms with Gasteiger partial charge in [0.1, 0.15) is 0 Å². The molecule has 0 radical (unpaired) electrons. The smallest absolute Gasteiger partial charge is 0.331 e. The van der Waals surface area contributed by atoms with Crippen molar-refractivity contribution < 1.29 is 9.58 Å². The van der Waals surface area contributed by atoms with Crippen LogP contribution in [0.25, 0.3) is 5.53 Å². The minimum absolute atomic E-state index is 0.0989. The van der Waals surface area contributed by atoms with Crippen LogP contribution in [0.2, 0.25) is 0 Å². The van der Waals surface area contributed by atoms with Crippen LogP contribution < -0.4 is 0 Å². The van der Waals surface area contributed by atoms with Crippen LogP contribution in [-0.2, 0) is 4.79 Å². The molecule has 16 heavy (non-hydrogen) atoms. The quantitative estimate of drug-likeness (QED) is 0.424. The maximum atomic E-state index is 11.6. The highest BCUT2D eigenvalue weighted by Gasteiger charge is 2.19. The first-order valence-corrected chi connectivity index (χ1v) is 5.45. The maximum Gasteiger partial charge on any atom is 0.331 e. The number of nitrogens with zero attached hydrogens (tertiary/aromatic N) is 2. The van der Waals surface area contributed by atoms with Crippen LogP contribution in [0.1, 0.15) is 38.2 Å². The summed E-state index contributed by atoms with van der Waals surface area (Å²) < 4.78 is 0. The van der Waals surface area contributed by atoms with Crippen LogP contribution in [0.4, 0.5) is 0 Å². The van der Waals surface area contributed by atoms with Gasteiger partial charge in [-0.05, 0) is 17.9 Å². The summed E-state index contributed by atoms with van der Waals surface area (Å²) in [6.07, 6.45) is 1.30. The lowest BCUT2D eigenvalue weighted by atomic mass is 9.90. The van der Waals surface area contributed by atoms with Gasteiger partial charge in [0.25, 0.3) is 0 Å². The summed E-state index contributed by atoms with van der Waals surface area (Å²) in [4.78, 5) is 14.6. The predicted molar refractivity (Wildman–Crippen MR) is 63.4 cm³/mol. The number of carbonyl (C=O) groups is 1. The predicted octanol–water partition coefficient (Wildman–Crippen LogP) is 2.83. The Morgan fingerprint density at radius 1 is 1.38 bits per heavy atom. The minimum atomic E-state index is -0.0989. The van der Waals surface area contributed by atoms with Gasteiger partial charge in [-0.15, -0.1) is 0 Å². The molecule has 0 aromatic heterocycles. The number of Topliss-reactive ketones (excluding diaryl/α,β-unsaturated/α-hetero) is 1. The molecule has 1 aromatic carbocycles. The van der Waals surface area contributed by atoms with Crippen molar-refractivity contribution in [2.45, 2.75) is 32.6 Å². The Kier molecular flexibility index (Phi) is 4.62. The van der Waals surface area contributed by atoms with E-state index in [9.17, 15) is 4.79 Å². The van der Waals surface area contributed by atoms with E-state index in [1.807, 2.05) is 30.3 Å². The number of hydrogen-bond donors (Lipinski definition) is 0. The Labute approximate surface area is 95.7 Å². The molecule has 1 rings (SSSR count). The van der Waals surface area contributed by atoms with Gasteiger partial charge >= 0.3 is 5.71 Å². The lowest BCUT2D eigenvalue weighted by Crippen LogP contribution is -2.15. The average Bonchev–Trinajstić information content (AvgIpc) is 2.35. The van der Waals surface area contributed by atoms with Crippen molar-refractivity contribution in [3.8, 4) is 0 Å². The van der Waals surface area contributed by atoms with Gasteiger partial charge < -0.3 is 5.53 Å². The molecule has 0 N–H and O–H groups in total. The Balaban J connectivity index is 2.78. The summed E-state index contributed by atoms with van der Waals surface area (Å²) >= 11 is 0. The lowest BCUT2D eigenvalue weighted by molar-refractivity contribution is -0.117. The Bertz CT molecular complexity index is 405. The average molecular weight is 216 g/mol. The summed E-state index contributed by atoms with van der Waals surface area (Å²) in [5.41, 5.74) is 9.86. The highest BCUT2D eigenvalue weighted by molar-refractivity contribution is 6.36. The van der Waals surface area contributed by atoms with E-state index in [4.69, 9.17) is 5.53 Å². The SMILES string of the molecule is CCC(CC(=O)C(C)=[N+]=[N-])c1ccccc1. The van der Waals surface area contributed by atoms with Crippen molar-refractivity contribution in [1.82, 2.24) is 0 Å². The van der Waals surface area contributed by atoms with E-state index in [1.54, 1.807) is 0 Å². The minimum Gasteiger partial charge on any atom is -0.361 e. The van der Waals surface area contributed by atoms with Gasteiger partial charge in [0, 0.05) is 13.3 Å². The number of benzene rings is 1. The van der Waals surface area contributed by atoms with Gasteiger partial charge in [-0.3, -0.25) is 4.79 Å². The highest BCUT2D eigenvalue weighted by Crippen LogP contribution is 2.23. The second kappa shape index (κ2) is 5.99. The van der Waals surface area contributed by atoms with Crippen LogP contribution in [0.15, 0.2) is 30.3 Å². The zero-order chi connectivity index (χ0) is 12.0. The van der Waals surface area contributed by atoms with E-state index in [1.165, 1.54) is 6.92 Å². The van der Waals surface area contributed by atoms with Crippen molar-refractivity contribution in [3.05, 3.63) is 41.4 Å². The number of hydrogen-bond acceptors (Lipinski definition) is 1. The van der Waals surface area contributed by atoms with Crippen LogP contribution >= 0.6 is 0 Å². The summed E-state index contributed by atoms with van der Waals surface area (Å²) in [7, 11) is 0. The molecule has 0 aliphatic rings. The number of ketones is 1. The normalized spacial score (nSPS) is 11.6. The highest BCUT2D eigenvalue weighted by atomic mass is 16.1. The third-order valence-corrected chi connectivity index (χ3v) is 2.75. The van der Waals surface area contributed by atoms with E-state index in [0.29, 0.717) is 6.42 Å². The molecular weight excluding hydrogens is 200 g/mol. The van der Waals surface area contributed by atoms with Crippen molar-refractivity contribution in [2.75, 3.05) is 0 Å². The molecule has 0 aliphatic heterocycles. The maximum absolute atomic E-state index is 11.6. The van der Waals surface area contributed by atoms with Crippen LogP contribution in [0.3, 0.4) is 0 Å². The molecule has 0 aliphatic carbocycles. The van der Waals surface area contributed by atoms with Gasteiger partial charge in [-0.2, -0.15) is 4.79 Å². The molecule has 0 amide bonds. The van der Waals surface area contributed by atoms with Crippen molar-refractivity contribution in [3.63, 3.8) is 0 Å². The Morgan fingerprint density at radius 2 is 2.00 bits per heavy atom. The lowest BCUT2D eigenvalue weighted by Gasteiger charge is -2.12. The Hall–Kier alpha value is -1.73. The first kappa shape index (κ1) is 12.3. The van der Waals surface area contributed by atoms with Crippen molar-refractivity contribution in [1.29, 1.82) is 0 Å². The largest absolute Gasteiger partial charge is 0.361 e. The molecule has 0 fully saturated rings. The molecule has 3 heteroatoms. The molecule has 1 unspecified atom stereocenters.